The Morgan fingerprint density at radius 2 is 2.00 bits per heavy atom. The maximum atomic E-state index is 6.08. The molecule has 2 atom stereocenters. The van der Waals surface area contributed by atoms with Gasteiger partial charge in [0.2, 0.25) is 0 Å². The molecule has 0 aromatic heterocycles. The molecule has 21 heavy (non-hydrogen) atoms. The van der Waals surface area contributed by atoms with E-state index in [4.69, 9.17) is 10.5 Å². The van der Waals surface area contributed by atoms with E-state index in [1.807, 2.05) is 0 Å². The van der Waals surface area contributed by atoms with Crippen LogP contribution in [0.1, 0.15) is 55.7 Å². The lowest BCUT2D eigenvalue weighted by Crippen LogP contribution is -2.38. The van der Waals surface area contributed by atoms with Gasteiger partial charge in [-0.2, -0.15) is 0 Å². The molecule has 3 heteroatoms. The van der Waals surface area contributed by atoms with Gasteiger partial charge in [-0.05, 0) is 49.3 Å². The Hall–Kier alpha value is -0.900. The predicted molar refractivity (Wildman–Crippen MR) is 86.4 cm³/mol. The SMILES string of the molecule is CCN(CC1CCCO1)C(CN)c1ccc(C2CC2)cc1. The summed E-state index contributed by atoms with van der Waals surface area (Å²) >= 11 is 0. The van der Waals surface area contributed by atoms with Crippen molar-refractivity contribution in [2.75, 3.05) is 26.2 Å². The zero-order valence-corrected chi connectivity index (χ0v) is 13.1. The molecule has 116 valence electrons. The van der Waals surface area contributed by atoms with Gasteiger partial charge in [0.15, 0.2) is 0 Å². The minimum Gasteiger partial charge on any atom is -0.377 e. The predicted octanol–water partition coefficient (Wildman–Crippen LogP) is 3.06. The summed E-state index contributed by atoms with van der Waals surface area (Å²) in [6.45, 7) is 5.83. The first-order valence-corrected chi connectivity index (χ1v) is 8.47. The molecule has 3 nitrogen and oxygen atoms in total. The molecule has 0 spiro atoms. The van der Waals surface area contributed by atoms with Crippen molar-refractivity contribution in [3.63, 3.8) is 0 Å². The quantitative estimate of drug-likeness (QED) is 0.838. The third kappa shape index (κ3) is 3.65. The van der Waals surface area contributed by atoms with Crippen molar-refractivity contribution in [3.8, 4) is 0 Å². The summed E-state index contributed by atoms with van der Waals surface area (Å²) in [6, 6.07) is 9.48. The average Bonchev–Trinajstić information content (AvgIpc) is 3.25. The molecular weight excluding hydrogens is 260 g/mol. The molecular formula is C18H28N2O. The van der Waals surface area contributed by atoms with Gasteiger partial charge in [-0.15, -0.1) is 0 Å². The van der Waals surface area contributed by atoms with Gasteiger partial charge >= 0.3 is 0 Å². The smallest absolute Gasteiger partial charge is 0.0703 e. The topological polar surface area (TPSA) is 38.5 Å². The largest absolute Gasteiger partial charge is 0.377 e. The van der Waals surface area contributed by atoms with Gasteiger partial charge < -0.3 is 10.5 Å². The third-order valence-corrected chi connectivity index (χ3v) is 4.90. The normalized spacial score (nSPS) is 23.7. The maximum Gasteiger partial charge on any atom is 0.0703 e. The summed E-state index contributed by atoms with van der Waals surface area (Å²) in [6.07, 6.45) is 5.50. The van der Waals surface area contributed by atoms with Crippen molar-refractivity contribution >= 4 is 0 Å². The Balaban J connectivity index is 1.68. The van der Waals surface area contributed by atoms with E-state index in [0.717, 1.165) is 25.6 Å². The molecule has 0 amide bonds. The van der Waals surface area contributed by atoms with Crippen molar-refractivity contribution in [1.82, 2.24) is 4.90 Å². The average molecular weight is 288 g/mol. The van der Waals surface area contributed by atoms with Crippen LogP contribution in [0.4, 0.5) is 0 Å². The Kier molecular flexibility index (Phi) is 4.94. The van der Waals surface area contributed by atoms with Gasteiger partial charge in [0.05, 0.1) is 6.10 Å². The first kappa shape index (κ1) is 15.0. The first-order valence-electron chi connectivity index (χ1n) is 8.47. The Bertz CT molecular complexity index is 435. The summed E-state index contributed by atoms with van der Waals surface area (Å²) in [7, 11) is 0. The number of hydrogen-bond acceptors (Lipinski definition) is 3. The van der Waals surface area contributed by atoms with Crippen molar-refractivity contribution in [2.45, 2.75) is 50.7 Å². The van der Waals surface area contributed by atoms with E-state index < -0.39 is 0 Å². The molecule has 2 unspecified atom stereocenters. The second-order valence-corrected chi connectivity index (χ2v) is 6.42. The minimum atomic E-state index is 0.312. The number of nitrogens with two attached hydrogens (primary N) is 1. The van der Waals surface area contributed by atoms with Crippen LogP contribution in [-0.2, 0) is 4.74 Å². The maximum absolute atomic E-state index is 6.08. The van der Waals surface area contributed by atoms with Crippen LogP contribution < -0.4 is 5.73 Å². The lowest BCUT2D eigenvalue weighted by atomic mass is 10.0. The Morgan fingerprint density at radius 1 is 1.24 bits per heavy atom. The fourth-order valence-corrected chi connectivity index (χ4v) is 3.43. The highest BCUT2D eigenvalue weighted by Gasteiger charge is 2.26. The first-order chi connectivity index (χ1) is 10.3. The third-order valence-electron chi connectivity index (χ3n) is 4.90. The molecule has 3 rings (SSSR count). The van der Waals surface area contributed by atoms with Gasteiger partial charge in [-0.25, -0.2) is 0 Å². The molecule has 0 radical (unpaired) electrons. The van der Waals surface area contributed by atoms with E-state index in [1.54, 1.807) is 0 Å². The van der Waals surface area contributed by atoms with Crippen molar-refractivity contribution in [3.05, 3.63) is 35.4 Å². The second kappa shape index (κ2) is 6.91. The zero-order valence-electron chi connectivity index (χ0n) is 13.1. The van der Waals surface area contributed by atoms with Crippen LogP contribution in [-0.4, -0.2) is 37.2 Å². The zero-order chi connectivity index (χ0) is 14.7. The molecule has 0 bridgehead atoms. The van der Waals surface area contributed by atoms with Crippen LogP contribution in [0, 0.1) is 0 Å². The van der Waals surface area contributed by atoms with E-state index in [1.165, 1.54) is 36.8 Å². The summed E-state index contributed by atoms with van der Waals surface area (Å²) < 4.78 is 5.79. The van der Waals surface area contributed by atoms with Crippen molar-refractivity contribution < 1.29 is 4.74 Å². The van der Waals surface area contributed by atoms with Crippen LogP contribution in [0.2, 0.25) is 0 Å². The van der Waals surface area contributed by atoms with Crippen LogP contribution in [0.15, 0.2) is 24.3 Å². The van der Waals surface area contributed by atoms with Crippen molar-refractivity contribution in [1.29, 1.82) is 0 Å². The second-order valence-electron chi connectivity index (χ2n) is 6.42. The highest BCUT2D eigenvalue weighted by atomic mass is 16.5. The highest BCUT2D eigenvalue weighted by Crippen LogP contribution is 2.40. The van der Waals surface area contributed by atoms with Gasteiger partial charge in [0.25, 0.3) is 0 Å². The van der Waals surface area contributed by atoms with Crippen LogP contribution in [0.25, 0.3) is 0 Å². The number of nitrogens with zero attached hydrogens (tertiary/aromatic N) is 1. The summed E-state index contributed by atoms with van der Waals surface area (Å²) in [5.41, 5.74) is 8.93. The van der Waals surface area contributed by atoms with Gasteiger partial charge in [-0.3, -0.25) is 4.90 Å². The molecule has 1 saturated heterocycles. The number of likely N-dealkylation sites (N-methyl/N-ethyl adjacent to an activating group) is 1. The van der Waals surface area contributed by atoms with Gasteiger partial charge in [-0.1, -0.05) is 31.2 Å². The molecule has 1 aliphatic carbocycles. The summed E-state index contributed by atoms with van der Waals surface area (Å²) in [4.78, 5) is 2.47. The Morgan fingerprint density at radius 3 is 2.52 bits per heavy atom. The molecule has 2 aliphatic rings. The molecule has 1 aromatic carbocycles. The molecule has 1 saturated carbocycles. The molecule has 2 fully saturated rings. The standard InChI is InChI=1S/C18H28N2O/c1-2-20(13-17-4-3-11-21-17)18(12-19)16-9-7-15(8-10-16)14-5-6-14/h7-10,14,17-18H,2-6,11-13,19H2,1H3. The molecule has 2 N–H and O–H groups in total. The monoisotopic (exact) mass is 288 g/mol. The van der Waals surface area contributed by atoms with Gasteiger partial charge in [0.1, 0.15) is 0 Å². The summed E-state index contributed by atoms with van der Waals surface area (Å²) in [5.74, 6) is 0.824. The Labute approximate surface area is 128 Å². The van der Waals surface area contributed by atoms with Crippen LogP contribution in [0.3, 0.4) is 0 Å². The fourth-order valence-electron chi connectivity index (χ4n) is 3.43. The molecule has 1 heterocycles. The fraction of sp³-hybridized carbons (Fsp3) is 0.667. The number of hydrogen-bond donors (Lipinski definition) is 1. The number of benzene rings is 1. The highest BCUT2D eigenvalue weighted by molar-refractivity contribution is 5.30. The number of ether oxygens (including phenoxy) is 1. The van der Waals surface area contributed by atoms with Crippen LogP contribution in [0.5, 0.6) is 0 Å². The van der Waals surface area contributed by atoms with E-state index in [9.17, 15) is 0 Å². The van der Waals surface area contributed by atoms with E-state index >= 15 is 0 Å². The van der Waals surface area contributed by atoms with E-state index in [2.05, 4.69) is 36.1 Å². The lowest BCUT2D eigenvalue weighted by Gasteiger charge is -2.32. The summed E-state index contributed by atoms with van der Waals surface area (Å²) in [5, 5.41) is 0. The van der Waals surface area contributed by atoms with Gasteiger partial charge in [0, 0.05) is 25.7 Å². The number of rotatable bonds is 7. The van der Waals surface area contributed by atoms with E-state index in [-0.39, 0.29) is 0 Å². The van der Waals surface area contributed by atoms with Crippen LogP contribution >= 0.6 is 0 Å². The molecule has 1 aliphatic heterocycles. The lowest BCUT2D eigenvalue weighted by molar-refractivity contribution is 0.0601. The van der Waals surface area contributed by atoms with Crippen molar-refractivity contribution in [2.24, 2.45) is 5.73 Å². The molecule has 1 aromatic rings. The van der Waals surface area contributed by atoms with E-state index in [0.29, 0.717) is 18.7 Å². The minimum absolute atomic E-state index is 0.312.